The number of benzene rings is 1. The normalized spacial score (nSPS) is 10.2. The molecule has 1 nitrogen and oxygen atoms in total. The highest BCUT2D eigenvalue weighted by molar-refractivity contribution is 7.80. The lowest BCUT2D eigenvalue weighted by Gasteiger charge is -2.05. The van der Waals surface area contributed by atoms with E-state index in [0.29, 0.717) is 15.7 Å². The fraction of sp³-hybridized carbons (Fsp3) is 0.250. The molecule has 1 aromatic carbocycles. The van der Waals surface area contributed by atoms with Crippen molar-refractivity contribution in [3.63, 3.8) is 0 Å². The van der Waals surface area contributed by atoms with Crippen LogP contribution < -0.4 is 5.73 Å². The molecule has 0 bridgehead atoms. The highest BCUT2D eigenvalue weighted by Crippen LogP contribution is 2.31. The van der Waals surface area contributed by atoms with Gasteiger partial charge in [-0.25, -0.2) is 0 Å². The Balaban J connectivity index is 3.08. The number of thiol groups is 1. The van der Waals surface area contributed by atoms with Crippen LogP contribution in [0.1, 0.15) is 5.56 Å². The van der Waals surface area contributed by atoms with Crippen LogP contribution in [-0.2, 0) is 6.42 Å². The van der Waals surface area contributed by atoms with Crippen molar-refractivity contribution in [2.45, 2.75) is 6.42 Å². The Kier molecular flexibility index (Phi) is 3.56. The molecule has 2 N–H and O–H groups in total. The van der Waals surface area contributed by atoms with Crippen LogP contribution in [0, 0.1) is 0 Å². The predicted octanol–water partition coefficient (Wildman–Crippen LogP) is 3.05. The Morgan fingerprint density at radius 2 is 1.92 bits per heavy atom. The second-order valence-corrected chi connectivity index (χ2v) is 3.62. The van der Waals surface area contributed by atoms with Crippen LogP contribution in [0.2, 0.25) is 10.0 Å². The second-order valence-electron chi connectivity index (χ2n) is 2.42. The molecule has 0 aliphatic rings. The van der Waals surface area contributed by atoms with E-state index >= 15 is 0 Å². The second kappa shape index (κ2) is 4.26. The maximum absolute atomic E-state index is 5.93. The minimum atomic E-state index is 0.441. The maximum atomic E-state index is 5.93. The van der Waals surface area contributed by atoms with Crippen LogP contribution in [0.25, 0.3) is 0 Å². The molecule has 0 aliphatic carbocycles. The first-order chi connectivity index (χ1) is 5.66. The third-order valence-electron chi connectivity index (χ3n) is 1.57. The highest BCUT2D eigenvalue weighted by Gasteiger charge is 2.06. The van der Waals surface area contributed by atoms with Gasteiger partial charge >= 0.3 is 0 Å². The van der Waals surface area contributed by atoms with Crippen molar-refractivity contribution in [1.29, 1.82) is 0 Å². The third-order valence-corrected chi connectivity index (χ3v) is 2.73. The van der Waals surface area contributed by atoms with Crippen LogP contribution in [0.15, 0.2) is 12.1 Å². The minimum absolute atomic E-state index is 0.441. The SMILES string of the molecule is Nc1ccc(CCS)c(Cl)c1Cl. The number of anilines is 1. The third kappa shape index (κ3) is 2.00. The van der Waals surface area contributed by atoms with E-state index in [4.69, 9.17) is 28.9 Å². The van der Waals surface area contributed by atoms with Gasteiger partial charge in [0.2, 0.25) is 0 Å². The number of rotatable bonds is 2. The fourth-order valence-corrected chi connectivity index (χ4v) is 1.61. The van der Waals surface area contributed by atoms with E-state index in [1.54, 1.807) is 6.07 Å². The summed E-state index contributed by atoms with van der Waals surface area (Å²) < 4.78 is 0. The first-order valence-electron chi connectivity index (χ1n) is 3.50. The number of halogens is 2. The Morgan fingerprint density at radius 3 is 2.50 bits per heavy atom. The van der Waals surface area contributed by atoms with Gasteiger partial charge in [0.1, 0.15) is 0 Å². The zero-order valence-corrected chi connectivity index (χ0v) is 8.76. The van der Waals surface area contributed by atoms with Crippen molar-refractivity contribution in [2.24, 2.45) is 0 Å². The van der Waals surface area contributed by atoms with Gasteiger partial charge in [0, 0.05) is 0 Å². The zero-order valence-electron chi connectivity index (χ0n) is 6.35. The van der Waals surface area contributed by atoms with Crippen LogP contribution in [0.3, 0.4) is 0 Å². The molecule has 0 amide bonds. The lowest BCUT2D eigenvalue weighted by molar-refractivity contribution is 1.16. The quantitative estimate of drug-likeness (QED) is 0.583. The maximum Gasteiger partial charge on any atom is 0.0824 e. The molecule has 0 saturated heterocycles. The van der Waals surface area contributed by atoms with E-state index in [1.807, 2.05) is 6.07 Å². The molecule has 1 rings (SSSR count). The molecule has 0 unspecified atom stereocenters. The predicted molar refractivity (Wildman–Crippen MR) is 58.4 cm³/mol. The van der Waals surface area contributed by atoms with E-state index < -0.39 is 0 Å². The summed E-state index contributed by atoms with van der Waals surface area (Å²) in [6.07, 6.45) is 0.807. The Morgan fingerprint density at radius 1 is 1.25 bits per heavy atom. The van der Waals surface area contributed by atoms with Crippen molar-refractivity contribution >= 4 is 41.5 Å². The summed E-state index contributed by atoms with van der Waals surface area (Å²) in [7, 11) is 0. The average Bonchev–Trinajstić information content (AvgIpc) is 2.07. The summed E-state index contributed by atoms with van der Waals surface area (Å²) in [4.78, 5) is 0. The molecule has 0 aliphatic heterocycles. The molecule has 0 saturated carbocycles. The van der Waals surface area contributed by atoms with E-state index in [9.17, 15) is 0 Å². The van der Waals surface area contributed by atoms with Crippen LogP contribution in [-0.4, -0.2) is 5.75 Å². The van der Waals surface area contributed by atoms with E-state index in [1.165, 1.54) is 0 Å². The highest BCUT2D eigenvalue weighted by atomic mass is 35.5. The van der Waals surface area contributed by atoms with Gasteiger partial charge in [-0.15, -0.1) is 0 Å². The van der Waals surface area contributed by atoms with Crippen LogP contribution >= 0.6 is 35.8 Å². The van der Waals surface area contributed by atoms with Gasteiger partial charge in [0.15, 0.2) is 0 Å². The Bertz CT molecular complexity index is 289. The van der Waals surface area contributed by atoms with Gasteiger partial charge in [-0.05, 0) is 23.8 Å². The monoisotopic (exact) mass is 221 g/mol. The largest absolute Gasteiger partial charge is 0.397 e. The fourth-order valence-electron chi connectivity index (χ4n) is 0.918. The number of hydrogen-bond acceptors (Lipinski definition) is 2. The lowest BCUT2D eigenvalue weighted by atomic mass is 10.1. The standard InChI is InChI=1S/C8H9Cl2NS/c9-7-5(3-4-12)1-2-6(11)8(7)10/h1-2,12H,3-4,11H2. The van der Waals surface area contributed by atoms with Crippen molar-refractivity contribution in [1.82, 2.24) is 0 Å². The van der Waals surface area contributed by atoms with Crippen molar-refractivity contribution in [3.05, 3.63) is 27.7 Å². The summed E-state index contributed by atoms with van der Waals surface area (Å²) in [6.45, 7) is 0. The average molecular weight is 222 g/mol. The van der Waals surface area contributed by atoms with Gasteiger partial charge in [0.25, 0.3) is 0 Å². The molecule has 1 aromatic rings. The molecule has 4 heteroatoms. The molecule has 12 heavy (non-hydrogen) atoms. The molecule has 0 fully saturated rings. The van der Waals surface area contributed by atoms with Crippen molar-refractivity contribution in [3.8, 4) is 0 Å². The molecule has 0 spiro atoms. The number of nitrogens with two attached hydrogens (primary N) is 1. The van der Waals surface area contributed by atoms with E-state index in [-0.39, 0.29) is 0 Å². The van der Waals surface area contributed by atoms with Gasteiger partial charge in [-0.1, -0.05) is 29.3 Å². The first-order valence-corrected chi connectivity index (χ1v) is 4.89. The Labute approximate surface area is 87.3 Å². The van der Waals surface area contributed by atoms with Crippen LogP contribution in [0.4, 0.5) is 5.69 Å². The molecule has 0 atom stereocenters. The number of nitrogen functional groups attached to an aromatic ring is 1. The topological polar surface area (TPSA) is 26.0 Å². The van der Waals surface area contributed by atoms with E-state index in [0.717, 1.165) is 17.7 Å². The van der Waals surface area contributed by atoms with Crippen molar-refractivity contribution < 1.29 is 0 Å². The van der Waals surface area contributed by atoms with Crippen LogP contribution in [0.5, 0.6) is 0 Å². The molecule has 0 aromatic heterocycles. The lowest BCUT2D eigenvalue weighted by Crippen LogP contribution is -1.92. The Hall–Kier alpha value is -0.0500. The van der Waals surface area contributed by atoms with Gasteiger partial charge in [-0.3, -0.25) is 0 Å². The van der Waals surface area contributed by atoms with Gasteiger partial charge in [0.05, 0.1) is 15.7 Å². The van der Waals surface area contributed by atoms with Gasteiger partial charge < -0.3 is 5.73 Å². The summed E-state index contributed by atoms with van der Waals surface area (Å²) in [5, 5.41) is 0.988. The van der Waals surface area contributed by atoms with Gasteiger partial charge in [-0.2, -0.15) is 12.6 Å². The summed E-state index contributed by atoms with van der Waals surface area (Å²) in [5.74, 6) is 0.750. The molecular formula is C8H9Cl2NS. The zero-order chi connectivity index (χ0) is 9.14. The van der Waals surface area contributed by atoms with Crippen molar-refractivity contribution in [2.75, 3.05) is 11.5 Å². The summed E-state index contributed by atoms with van der Waals surface area (Å²) in [6, 6.07) is 3.63. The number of aryl methyl sites for hydroxylation is 1. The molecule has 0 heterocycles. The number of hydrogen-bond donors (Lipinski definition) is 2. The smallest absolute Gasteiger partial charge is 0.0824 e. The van der Waals surface area contributed by atoms with E-state index in [2.05, 4.69) is 12.6 Å². The first kappa shape index (κ1) is 10.0. The molecule has 0 radical (unpaired) electrons. The minimum Gasteiger partial charge on any atom is -0.397 e. The molecule has 66 valence electrons. The molecular weight excluding hydrogens is 213 g/mol. The summed E-state index contributed by atoms with van der Waals surface area (Å²) >= 11 is 15.9. The summed E-state index contributed by atoms with van der Waals surface area (Å²) in [5.41, 5.74) is 7.06.